The molecule has 1 aromatic heterocycles. The van der Waals surface area contributed by atoms with E-state index in [0.29, 0.717) is 13.2 Å². The van der Waals surface area contributed by atoms with E-state index in [2.05, 4.69) is 114 Å². The first-order valence-electron chi connectivity index (χ1n) is 16.6. The molecule has 2 rings (SSSR count). The Morgan fingerprint density at radius 3 is 2.14 bits per heavy atom. The molecule has 0 radical (unpaired) electrons. The number of ether oxygens (including phenoxy) is 1. The second kappa shape index (κ2) is 16.5. The van der Waals surface area contributed by atoms with Gasteiger partial charge in [-0.25, -0.2) is 0 Å². The van der Waals surface area contributed by atoms with E-state index in [4.69, 9.17) is 4.74 Å². The number of nitrogens with zero attached hydrogens (tertiary/aromatic N) is 2. The largest absolute Gasteiger partial charge is 0.493 e. The van der Waals surface area contributed by atoms with Gasteiger partial charge in [0, 0.05) is 24.7 Å². The van der Waals surface area contributed by atoms with Crippen molar-refractivity contribution in [2.75, 3.05) is 32.8 Å². The van der Waals surface area contributed by atoms with E-state index in [1.807, 2.05) is 0 Å². The van der Waals surface area contributed by atoms with Crippen molar-refractivity contribution in [2.24, 2.45) is 11.8 Å². The first-order valence-corrected chi connectivity index (χ1v) is 16.6. The van der Waals surface area contributed by atoms with Crippen molar-refractivity contribution in [2.45, 2.75) is 119 Å². The molecule has 6 nitrogen and oxygen atoms in total. The highest BCUT2D eigenvalue weighted by Crippen LogP contribution is 2.41. The summed E-state index contributed by atoms with van der Waals surface area (Å²) in [4.78, 5) is 15.6. The first kappa shape index (κ1) is 35.9. The van der Waals surface area contributed by atoms with Gasteiger partial charge in [-0.2, -0.15) is 0 Å². The molecule has 6 heteroatoms. The van der Waals surface area contributed by atoms with Crippen LogP contribution in [0.1, 0.15) is 122 Å². The fraction of sp³-hybridized carbons (Fsp3) is 0.694. The van der Waals surface area contributed by atoms with Gasteiger partial charge in [0.2, 0.25) is 0 Å². The molecule has 42 heavy (non-hydrogen) atoms. The smallest absolute Gasteiger partial charge is 0.267 e. The van der Waals surface area contributed by atoms with Crippen LogP contribution in [-0.2, 0) is 12.0 Å². The maximum absolute atomic E-state index is 13.2. The van der Waals surface area contributed by atoms with Crippen LogP contribution < -0.4 is 10.1 Å². The Morgan fingerprint density at radius 1 is 0.976 bits per heavy atom. The van der Waals surface area contributed by atoms with Crippen LogP contribution in [0.2, 0.25) is 0 Å². The summed E-state index contributed by atoms with van der Waals surface area (Å²) in [7, 11) is 0. The Bertz CT molecular complexity index is 1090. The number of carbonyl (C=O) groups excluding carboxylic acids is 1. The van der Waals surface area contributed by atoms with Gasteiger partial charge in [0.15, 0.2) is 0 Å². The number of hydrogen-bond acceptors (Lipinski definition) is 4. The van der Waals surface area contributed by atoms with Gasteiger partial charge in [0.05, 0.1) is 12.2 Å². The molecule has 0 unspecified atom stereocenters. The average molecular weight is 584 g/mol. The summed E-state index contributed by atoms with van der Waals surface area (Å²) < 4.78 is 8.30. The van der Waals surface area contributed by atoms with Crippen LogP contribution >= 0.6 is 0 Å². The maximum Gasteiger partial charge on any atom is 0.267 e. The zero-order valence-electron chi connectivity index (χ0n) is 28.5. The number of amides is 1. The zero-order chi connectivity index (χ0) is 31.5. The zero-order valence-corrected chi connectivity index (χ0v) is 28.5. The van der Waals surface area contributed by atoms with Crippen molar-refractivity contribution in [3.8, 4) is 5.75 Å². The molecule has 0 bridgehead atoms. The Kier molecular flexibility index (Phi) is 14.1. The summed E-state index contributed by atoms with van der Waals surface area (Å²) in [6, 6.07) is 8.67. The minimum absolute atomic E-state index is 0.00510. The molecule has 0 saturated carbocycles. The van der Waals surface area contributed by atoms with E-state index < -0.39 is 5.60 Å². The van der Waals surface area contributed by atoms with Crippen molar-refractivity contribution < 1.29 is 14.6 Å². The summed E-state index contributed by atoms with van der Waals surface area (Å²) in [5.74, 6) is 1.32. The molecule has 1 amide bonds. The molecule has 238 valence electrons. The van der Waals surface area contributed by atoms with Crippen LogP contribution in [0.5, 0.6) is 5.75 Å². The number of aryl methyl sites for hydroxylation is 2. The molecular weight excluding hydrogens is 522 g/mol. The number of benzene rings is 1. The third-order valence-electron chi connectivity index (χ3n) is 9.77. The molecular formula is C36H61N3O3. The number of nitrogens with one attached hydrogen (secondary N) is 1. The maximum atomic E-state index is 13.2. The monoisotopic (exact) mass is 583 g/mol. The predicted molar refractivity (Wildman–Crippen MR) is 177 cm³/mol. The van der Waals surface area contributed by atoms with Crippen LogP contribution in [0.3, 0.4) is 0 Å². The molecule has 1 heterocycles. The Balaban J connectivity index is 2.19. The van der Waals surface area contributed by atoms with Gasteiger partial charge < -0.3 is 24.6 Å². The van der Waals surface area contributed by atoms with Gasteiger partial charge in [-0.05, 0) is 106 Å². The van der Waals surface area contributed by atoms with Gasteiger partial charge in [0.1, 0.15) is 11.4 Å². The summed E-state index contributed by atoms with van der Waals surface area (Å²) >= 11 is 0. The van der Waals surface area contributed by atoms with Crippen molar-refractivity contribution in [1.82, 2.24) is 14.8 Å². The van der Waals surface area contributed by atoms with E-state index in [9.17, 15) is 9.90 Å². The van der Waals surface area contributed by atoms with Gasteiger partial charge >= 0.3 is 0 Å². The highest BCUT2D eigenvalue weighted by Gasteiger charge is 2.35. The number of carbonyl (C=O) groups is 1. The van der Waals surface area contributed by atoms with Gasteiger partial charge in [-0.1, -0.05) is 67.5 Å². The molecule has 2 aromatic rings. The van der Waals surface area contributed by atoms with Crippen LogP contribution in [0.15, 0.2) is 30.5 Å². The fourth-order valence-corrected chi connectivity index (χ4v) is 6.48. The van der Waals surface area contributed by atoms with E-state index in [1.54, 1.807) is 0 Å². The van der Waals surface area contributed by atoms with E-state index >= 15 is 0 Å². The van der Waals surface area contributed by atoms with Crippen molar-refractivity contribution in [3.63, 3.8) is 0 Å². The summed E-state index contributed by atoms with van der Waals surface area (Å²) in [5.41, 5.74) is 3.44. The van der Waals surface area contributed by atoms with E-state index in [-0.39, 0.29) is 23.2 Å². The topological polar surface area (TPSA) is 66.7 Å². The van der Waals surface area contributed by atoms with Crippen molar-refractivity contribution in [3.05, 3.63) is 52.8 Å². The molecule has 1 aromatic carbocycles. The third kappa shape index (κ3) is 8.41. The second-order valence-electron chi connectivity index (χ2n) is 12.6. The average Bonchev–Trinajstić information content (AvgIpc) is 3.41. The Hall–Kier alpha value is -2.31. The SMILES string of the molecule is CCN(CC)CCCNC(=O)c1cc(C(CC)(CC)c2ccc(OCCCC(O)(C(C)C)C(C)C)c(C)c2)cn1CC. The van der Waals surface area contributed by atoms with Gasteiger partial charge in [-0.15, -0.1) is 0 Å². The quantitative estimate of drug-likeness (QED) is 0.167. The first-order chi connectivity index (χ1) is 19.9. The standard InChI is InChI=1S/C36H61N3O3/c1-11-35(12-2,31-25-32(39(15-5)26-31)34(40)37-21-17-22-38(13-3)14-4)30-18-19-33(29(10)24-30)42-23-16-20-36(41,27(6)7)28(8)9/h18-19,24-28,41H,11-17,20-23H2,1-10H3,(H,37,40). The number of hydrogen-bond donors (Lipinski definition) is 2. The molecule has 0 aliphatic carbocycles. The normalized spacial score (nSPS) is 12.5. The molecule has 0 atom stereocenters. The van der Waals surface area contributed by atoms with Crippen LogP contribution in [-0.4, -0.2) is 58.9 Å². The minimum Gasteiger partial charge on any atom is -0.493 e. The number of aliphatic hydroxyl groups is 1. The van der Waals surface area contributed by atoms with E-state index in [1.165, 1.54) is 11.1 Å². The summed E-state index contributed by atoms with van der Waals surface area (Å²) in [6.07, 6.45) is 6.55. The summed E-state index contributed by atoms with van der Waals surface area (Å²) in [6.45, 7) is 26.5. The molecule has 0 aliphatic heterocycles. The fourth-order valence-electron chi connectivity index (χ4n) is 6.48. The van der Waals surface area contributed by atoms with Crippen molar-refractivity contribution in [1.29, 1.82) is 0 Å². The van der Waals surface area contributed by atoms with E-state index in [0.717, 1.165) is 75.3 Å². The molecule has 0 aliphatic rings. The Morgan fingerprint density at radius 2 is 1.62 bits per heavy atom. The highest BCUT2D eigenvalue weighted by atomic mass is 16.5. The summed E-state index contributed by atoms with van der Waals surface area (Å²) in [5, 5.41) is 14.2. The molecule has 2 N–H and O–H groups in total. The van der Waals surface area contributed by atoms with Crippen molar-refractivity contribution >= 4 is 5.91 Å². The predicted octanol–water partition coefficient (Wildman–Crippen LogP) is 7.59. The van der Waals surface area contributed by atoms with Crippen LogP contribution in [0.4, 0.5) is 0 Å². The van der Waals surface area contributed by atoms with Crippen LogP contribution in [0.25, 0.3) is 0 Å². The number of rotatable bonds is 19. The molecule has 0 saturated heterocycles. The lowest BCUT2D eigenvalue weighted by molar-refractivity contribution is -0.0569. The minimum atomic E-state index is -0.667. The second-order valence-corrected chi connectivity index (χ2v) is 12.6. The van der Waals surface area contributed by atoms with Gasteiger partial charge in [0.25, 0.3) is 5.91 Å². The molecule has 0 spiro atoms. The lowest BCUT2D eigenvalue weighted by Gasteiger charge is -2.36. The Labute approximate surface area is 257 Å². The lowest BCUT2D eigenvalue weighted by atomic mass is 9.71. The molecule has 0 fully saturated rings. The van der Waals surface area contributed by atoms with Crippen LogP contribution in [0, 0.1) is 18.8 Å². The third-order valence-corrected chi connectivity index (χ3v) is 9.77. The highest BCUT2D eigenvalue weighted by molar-refractivity contribution is 5.93. The number of aromatic nitrogens is 1. The van der Waals surface area contributed by atoms with Gasteiger partial charge in [-0.3, -0.25) is 4.79 Å². The lowest BCUT2D eigenvalue weighted by Crippen LogP contribution is -2.40.